The average Bonchev–Trinajstić information content (AvgIpc) is 3.05. The van der Waals surface area contributed by atoms with Crippen LogP contribution >= 0.6 is 11.3 Å². The van der Waals surface area contributed by atoms with Gasteiger partial charge in [0.15, 0.2) is 0 Å². The number of hydrogen-bond acceptors (Lipinski definition) is 4. The summed E-state index contributed by atoms with van der Waals surface area (Å²) in [7, 11) is 0. The second-order valence-electron chi connectivity index (χ2n) is 5.33. The lowest BCUT2D eigenvalue weighted by Crippen LogP contribution is -2.36. The highest BCUT2D eigenvalue weighted by Gasteiger charge is 2.21. The Bertz CT molecular complexity index is 713. The zero-order valence-corrected chi connectivity index (χ0v) is 13.7. The lowest BCUT2D eigenvalue weighted by Gasteiger charge is -2.29. The van der Waals surface area contributed by atoms with Crippen LogP contribution in [-0.4, -0.2) is 25.0 Å². The molecule has 5 nitrogen and oxygen atoms in total. The Hall–Kier alpha value is -2.34. The van der Waals surface area contributed by atoms with Gasteiger partial charge in [-0.3, -0.25) is 9.59 Å². The molecule has 2 amide bonds. The molecule has 0 fully saturated rings. The molecule has 0 unspecified atom stereocenters. The second-order valence-corrected chi connectivity index (χ2v) is 6.36. The number of aryl methyl sites for hydroxylation is 1. The second kappa shape index (κ2) is 6.83. The number of thiophene rings is 1. The van der Waals surface area contributed by atoms with Crippen molar-refractivity contribution in [1.29, 1.82) is 0 Å². The number of amides is 2. The minimum absolute atomic E-state index is 0.0317. The van der Waals surface area contributed by atoms with Crippen LogP contribution in [0.4, 0.5) is 11.4 Å². The molecule has 1 aromatic heterocycles. The molecule has 2 aromatic rings. The summed E-state index contributed by atoms with van der Waals surface area (Å²) in [6.45, 7) is 2.54. The summed E-state index contributed by atoms with van der Waals surface area (Å²) in [4.78, 5) is 26.6. The first-order valence-corrected chi connectivity index (χ1v) is 8.38. The molecule has 23 heavy (non-hydrogen) atoms. The Morgan fingerprint density at radius 2 is 2.22 bits per heavy atom. The first-order chi connectivity index (χ1) is 11.1. The fourth-order valence-electron chi connectivity index (χ4n) is 2.54. The SMILES string of the molecule is CC(=O)N1CCOc2ccc(NC(=O)CCc3cccs3)cc21. The molecular weight excluding hydrogens is 312 g/mol. The van der Waals surface area contributed by atoms with Crippen molar-refractivity contribution in [2.75, 3.05) is 23.4 Å². The number of ether oxygens (including phenoxy) is 1. The third-order valence-electron chi connectivity index (χ3n) is 3.66. The van der Waals surface area contributed by atoms with Crippen molar-refractivity contribution in [2.24, 2.45) is 0 Å². The average molecular weight is 330 g/mol. The smallest absolute Gasteiger partial charge is 0.224 e. The predicted molar refractivity (Wildman–Crippen MR) is 91.2 cm³/mol. The summed E-state index contributed by atoms with van der Waals surface area (Å²) in [5, 5.41) is 4.89. The van der Waals surface area contributed by atoms with Gasteiger partial charge in [0, 0.05) is 23.9 Å². The number of benzene rings is 1. The summed E-state index contributed by atoms with van der Waals surface area (Å²) in [5.41, 5.74) is 1.39. The Morgan fingerprint density at radius 3 is 2.96 bits per heavy atom. The number of anilines is 2. The van der Waals surface area contributed by atoms with Crippen molar-refractivity contribution >= 4 is 34.5 Å². The summed E-state index contributed by atoms with van der Waals surface area (Å²) < 4.78 is 5.56. The van der Waals surface area contributed by atoms with Gasteiger partial charge in [-0.1, -0.05) is 6.07 Å². The van der Waals surface area contributed by atoms with Gasteiger partial charge < -0.3 is 15.0 Å². The van der Waals surface area contributed by atoms with Gasteiger partial charge in [-0.05, 0) is 36.1 Å². The molecule has 0 saturated heterocycles. The third-order valence-corrected chi connectivity index (χ3v) is 4.60. The van der Waals surface area contributed by atoms with Crippen LogP contribution in [0, 0.1) is 0 Å². The summed E-state index contributed by atoms with van der Waals surface area (Å²) in [5.74, 6) is 0.600. The Labute approximate surface area is 138 Å². The van der Waals surface area contributed by atoms with E-state index in [1.165, 1.54) is 11.8 Å². The Balaban J connectivity index is 1.67. The zero-order chi connectivity index (χ0) is 16.2. The van der Waals surface area contributed by atoms with Crippen LogP contribution in [0.5, 0.6) is 5.75 Å². The maximum atomic E-state index is 12.1. The molecule has 2 heterocycles. The van der Waals surface area contributed by atoms with Crippen molar-refractivity contribution in [3.63, 3.8) is 0 Å². The third kappa shape index (κ3) is 3.71. The molecule has 120 valence electrons. The Kier molecular flexibility index (Phi) is 4.62. The molecule has 0 aliphatic carbocycles. The van der Waals surface area contributed by atoms with Gasteiger partial charge in [-0.15, -0.1) is 11.3 Å². The predicted octanol–water partition coefficient (Wildman–Crippen LogP) is 3.06. The van der Waals surface area contributed by atoms with E-state index < -0.39 is 0 Å². The molecular formula is C17H18N2O3S. The number of rotatable bonds is 4. The van der Waals surface area contributed by atoms with E-state index >= 15 is 0 Å². The van der Waals surface area contributed by atoms with Crippen LogP contribution in [0.3, 0.4) is 0 Å². The molecule has 0 saturated carbocycles. The molecule has 6 heteroatoms. The highest BCUT2D eigenvalue weighted by molar-refractivity contribution is 7.09. The van der Waals surface area contributed by atoms with E-state index in [1.54, 1.807) is 34.4 Å². The highest BCUT2D eigenvalue weighted by atomic mass is 32.1. The fraction of sp³-hybridized carbons (Fsp3) is 0.294. The van der Waals surface area contributed by atoms with Gasteiger partial charge in [-0.25, -0.2) is 0 Å². The van der Waals surface area contributed by atoms with Gasteiger partial charge in [0.1, 0.15) is 12.4 Å². The first kappa shape index (κ1) is 15.6. The van der Waals surface area contributed by atoms with E-state index in [2.05, 4.69) is 5.32 Å². The fourth-order valence-corrected chi connectivity index (χ4v) is 3.25. The summed E-state index contributed by atoms with van der Waals surface area (Å²) >= 11 is 1.65. The van der Waals surface area contributed by atoms with E-state index in [1.807, 2.05) is 17.5 Å². The number of hydrogen-bond donors (Lipinski definition) is 1. The van der Waals surface area contributed by atoms with Gasteiger partial charge in [0.05, 0.1) is 12.2 Å². The van der Waals surface area contributed by atoms with Gasteiger partial charge in [0.25, 0.3) is 0 Å². The van der Waals surface area contributed by atoms with Gasteiger partial charge in [-0.2, -0.15) is 0 Å². The zero-order valence-electron chi connectivity index (χ0n) is 12.9. The molecule has 1 aliphatic heterocycles. The lowest BCUT2D eigenvalue weighted by molar-refractivity contribution is -0.117. The van der Waals surface area contributed by atoms with Crippen LogP contribution in [0.25, 0.3) is 0 Å². The van der Waals surface area contributed by atoms with Gasteiger partial charge in [0.2, 0.25) is 11.8 Å². The quantitative estimate of drug-likeness (QED) is 0.937. The maximum Gasteiger partial charge on any atom is 0.224 e. The summed E-state index contributed by atoms with van der Waals surface area (Å²) in [6.07, 6.45) is 1.17. The summed E-state index contributed by atoms with van der Waals surface area (Å²) in [6, 6.07) is 9.39. The lowest BCUT2D eigenvalue weighted by atomic mass is 10.2. The van der Waals surface area contributed by atoms with Crippen molar-refractivity contribution in [2.45, 2.75) is 19.8 Å². The van der Waals surface area contributed by atoms with Crippen molar-refractivity contribution < 1.29 is 14.3 Å². The van der Waals surface area contributed by atoms with Crippen LogP contribution in [0.15, 0.2) is 35.7 Å². The first-order valence-electron chi connectivity index (χ1n) is 7.50. The van der Waals surface area contributed by atoms with E-state index in [0.29, 0.717) is 36.7 Å². The van der Waals surface area contributed by atoms with E-state index in [0.717, 1.165) is 6.42 Å². The molecule has 1 aliphatic rings. The minimum Gasteiger partial charge on any atom is -0.490 e. The van der Waals surface area contributed by atoms with E-state index in [-0.39, 0.29) is 11.8 Å². The van der Waals surface area contributed by atoms with E-state index in [9.17, 15) is 9.59 Å². The Morgan fingerprint density at radius 1 is 1.35 bits per heavy atom. The van der Waals surface area contributed by atoms with E-state index in [4.69, 9.17) is 4.74 Å². The monoisotopic (exact) mass is 330 g/mol. The standard InChI is InChI=1S/C17H18N2O3S/c1-12(20)19-8-9-22-16-6-4-13(11-15(16)19)18-17(21)7-5-14-3-2-10-23-14/h2-4,6,10-11H,5,7-9H2,1H3,(H,18,21). The number of nitrogens with one attached hydrogen (secondary N) is 1. The number of carbonyl (C=O) groups is 2. The normalized spacial score (nSPS) is 13.2. The topological polar surface area (TPSA) is 58.6 Å². The molecule has 0 atom stereocenters. The van der Waals surface area contributed by atoms with Crippen molar-refractivity contribution in [3.05, 3.63) is 40.6 Å². The van der Waals surface area contributed by atoms with Crippen LogP contribution < -0.4 is 15.0 Å². The van der Waals surface area contributed by atoms with Gasteiger partial charge >= 0.3 is 0 Å². The maximum absolute atomic E-state index is 12.1. The van der Waals surface area contributed by atoms with Crippen LogP contribution in [-0.2, 0) is 16.0 Å². The number of fused-ring (bicyclic) bond motifs is 1. The van der Waals surface area contributed by atoms with Crippen LogP contribution in [0.2, 0.25) is 0 Å². The molecule has 3 rings (SSSR count). The van der Waals surface area contributed by atoms with Crippen molar-refractivity contribution in [3.8, 4) is 5.75 Å². The van der Waals surface area contributed by atoms with Crippen LogP contribution in [0.1, 0.15) is 18.2 Å². The van der Waals surface area contributed by atoms with Crippen molar-refractivity contribution in [1.82, 2.24) is 0 Å². The molecule has 1 N–H and O–H groups in total. The minimum atomic E-state index is -0.0375. The molecule has 0 radical (unpaired) electrons. The number of nitrogens with zero attached hydrogens (tertiary/aromatic N) is 1. The molecule has 1 aromatic carbocycles. The number of carbonyl (C=O) groups excluding carboxylic acids is 2. The highest BCUT2D eigenvalue weighted by Crippen LogP contribution is 2.34. The largest absolute Gasteiger partial charge is 0.490 e. The molecule has 0 spiro atoms. The molecule has 0 bridgehead atoms.